The number of carboxylic acids is 2. The van der Waals surface area contributed by atoms with Crippen LogP contribution in [0.2, 0.25) is 0 Å². The maximum Gasteiger partial charge on any atom is 0.308 e. The minimum absolute atomic E-state index is 0.0489. The molecule has 0 amide bonds. The zero-order chi connectivity index (χ0) is 13.7. The van der Waals surface area contributed by atoms with Crippen LogP contribution in [0.15, 0.2) is 24.3 Å². The average molecular weight is 255 g/mol. The van der Waals surface area contributed by atoms with Crippen LogP contribution in [0.5, 0.6) is 0 Å². The molecule has 0 saturated carbocycles. The van der Waals surface area contributed by atoms with E-state index in [9.17, 15) is 14.0 Å². The Hall–Kier alpha value is -2.11. The van der Waals surface area contributed by atoms with Gasteiger partial charge in [0.05, 0.1) is 12.3 Å². The molecule has 1 aromatic rings. The molecule has 5 nitrogen and oxygen atoms in total. The first-order chi connectivity index (χ1) is 8.40. The molecule has 1 aromatic carbocycles. The highest BCUT2D eigenvalue weighted by Crippen LogP contribution is 2.16. The summed E-state index contributed by atoms with van der Waals surface area (Å²) >= 11 is 0. The van der Waals surface area contributed by atoms with E-state index in [0.717, 1.165) is 0 Å². The van der Waals surface area contributed by atoms with Gasteiger partial charge in [0.1, 0.15) is 5.82 Å². The average Bonchev–Trinajstić information content (AvgIpc) is 2.28. The molecule has 1 unspecified atom stereocenters. The highest BCUT2D eigenvalue weighted by molar-refractivity contribution is 5.78. The molecule has 0 aliphatic carbocycles. The van der Waals surface area contributed by atoms with E-state index in [1.165, 1.54) is 24.3 Å². The van der Waals surface area contributed by atoms with Crippen molar-refractivity contribution in [2.45, 2.75) is 6.42 Å². The molecule has 0 aromatic heterocycles. The van der Waals surface area contributed by atoms with Gasteiger partial charge in [-0.25, -0.2) is 4.39 Å². The van der Waals surface area contributed by atoms with Gasteiger partial charge < -0.3 is 15.1 Å². The lowest BCUT2D eigenvalue weighted by Gasteiger charge is -2.22. The van der Waals surface area contributed by atoms with Crippen LogP contribution in [0, 0.1) is 11.7 Å². The lowest BCUT2D eigenvalue weighted by atomic mass is 10.1. The molecule has 0 fully saturated rings. The van der Waals surface area contributed by atoms with E-state index in [4.69, 9.17) is 10.2 Å². The Labute approximate surface area is 103 Å². The van der Waals surface area contributed by atoms with Crippen LogP contribution in [-0.4, -0.2) is 35.7 Å². The Morgan fingerprint density at radius 2 is 1.83 bits per heavy atom. The molecule has 0 bridgehead atoms. The largest absolute Gasteiger partial charge is 0.481 e. The van der Waals surface area contributed by atoms with Crippen molar-refractivity contribution in [1.29, 1.82) is 0 Å². The fourth-order valence-corrected chi connectivity index (χ4v) is 1.57. The van der Waals surface area contributed by atoms with E-state index in [2.05, 4.69) is 0 Å². The molecule has 2 N–H and O–H groups in total. The topological polar surface area (TPSA) is 77.8 Å². The van der Waals surface area contributed by atoms with E-state index >= 15 is 0 Å². The summed E-state index contributed by atoms with van der Waals surface area (Å²) in [7, 11) is 1.63. The summed E-state index contributed by atoms with van der Waals surface area (Å²) in [5, 5.41) is 17.5. The number of rotatable bonds is 6. The molecule has 0 aliphatic heterocycles. The molecule has 0 heterocycles. The van der Waals surface area contributed by atoms with Crippen molar-refractivity contribution >= 4 is 17.6 Å². The van der Waals surface area contributed by atoms with Crippen LogP contribution in [-0.2, 0) is 9.59 Å². The summed E-state index contributed by atoms with van der Waals surface area (Å²) in [5.41, 5.74) is 0.632. The number of carbonyl (C=O) groups is 2. The van der Waals surface area contributed by atoms with Gasteiger partial charge in [-0.1, -0.05) is 0 Å². The Morgan fingerprint density at radius 3 is 2.28 bits per heavy atom. The summed E-state index contributed by atoms with van der Waals surface area (Å²) in [6.07, 6.45) is -0.444. The van der Waals surface area contributed by atoms with Gasteiger partial charge in [0.15, 0.2) is 0 Å². The summed E-state index contributed by atoms with van der Waals surface area (Å²) in [5.74, 6) is -3.70. The summed E-state index contributed by atoms with van der Waals surface area (Å²) < 4.78 is 12.7. The van der Waals surface area contributed by atoms with Crippen molar-refractivity contribution in [3.05, 3.63) is 30.1 Å². The fourth-order valence-electron chi connectivity index (χ4n) is 1.57. The molecule has 98 valence electrons. The van der Waals surface area contributed by atoms with Gasteiger partial charge in [-0.3, -0.25) is 9.59 Å². The van der Waals surface area contributed by atoms with Crippen molar-refractivity contribution in [2.24, 2.45) is 5.92 Å². The van der Waals surface area contributed by atoms with E-state index in [-0.39, 0.29) is 12.4 Å². The van der Waals surface area contributed by atoms with Gasteiger partial charge in [0.25, 0.3) is 0 Å². The van der Waals surface area contributed by atoms with Crippen LogP contribution >= 0.6 is 0 Å². The molecule has 0 spiro atoms. The predicted molar refractivity (Wildman–Crippen MR) is 63.0 cm³/mol. The molecule has 1 atom stereocenters. The van der Waals surface area contributed by atoms with Crippen LogP contribution in [0.4, 0.5) is 10.1 Å². The number of nitrogens with zero attached hydrogens (tertiary/aromatic N) is 1. The number of hydrogen-bond donors (Lipinski definition) is 2. The van der Waals surface area contributed by atoms with Gasteiger partial charge in [-0.15, -0.1) is 0 Å². The van der Waals surface area contributed by atoms with Gasteiger partial charge >= 0.3 is 11.9 Å². The number of halogens is 1. The van der Waals surface area contributed by atoms with E-state index in [0.29, 0.717) is 5.69 Å². The lowest BCUT2D eigenvalue weighted by Crippen LogP contribution is -2.31. The highest BCUT2D eigenvalue weighted by Gasteiger charge is 2.22. The zero-order valence-electron chi connectivity index (χ0n) is 9.84. The second kappa shape index (κ2) is 6.00. The highest BCUT2D eigenvalue weighted by atomic mass is 19.1. The Morgan fingerprint density at radius 1 is 1.28 bits per heavy atom. The van der Waals surface area contributed by atoms with Crippen molar-refractivity contribution in [3.8, 4) is 0 Å². The molecule has 0 aliphatic rings. The smallest absolute Gasteiger partial charge is 0.308 e. The van der Waals surface area contributed by atoms with Crippen LogP contribution < -0.4 is 4.90 Å². The van der Waals surface area contributed by atoms with E-state index in [1.54, 1.807) is 11.9 Å². The van der Waals surface area contributed by atoms with Crippen LogP contribution in [0.25, 0.3) is 0 Å². The van der Waals surface area contributed by atoms with E-state index < -0.39 is 24.3 Å². The number of carboxylic acid groups (broad SMARTS) is 2. The lowest BCUT2D eigenvalue weighted by molar-refractivity contribution is -0.147. The summed E-state index contributed by atoms with van der Waals surface area (Å²) in [4.78, 5) is 23.0. The molecule has 6 heteroatoms. The first-order valence-corrected chi connectivity index (χ1v) is 5.31. The minimum atomic E-state index is -1.16. The molecular formula is C12H14FNO4. The Balaban J connectivity index is 2.71. The van der Waals surface area contributed by atoms with Crippen molar-refractivity contribution in [3.63, 3.8) is 0 Å². The second-order valence-electron chi connectivity index (χ2n) is 3.99. The fraction of sp³-hybridized carbons (Fsp3) is 0.333. The van der Waals surface area contributed by atoms with Crippen molar-refractivity contribution in [1.82, 2.24) is 0 Å². The maximum atomic E-state index is 12.7. The molecule has 18 heavy (non-hydrogen) atoms. The monoisotopic (exact) mass is 255 g/mol. The molecular weight excluding hydrogens is 241 g/mol. The molecule has 1 rings (SSSR count). The standard InChI is InChI=1S/C12H14FNO4/c1-14(10-4-2-9(13)3-5-10)7-8(12(17)18)6-11(15)16/h2-5,8H,6-7H2,1H3,(H,15,16)(H,17,18). The van der Waals surface area contributed by atoms with Gasteiger partial charge in [0.2, 0.25) is 0 Å². The SMILES string of the molecule is CN(CC(CC(=O)O)C(=O)O)c1ccc(F)cc1. The zero-order valence-corrected chi connectivity index (χ0v) is 9.84. The van der Waals surface area contributed by atoms with Gasteiger partial charge in [0, 0.05) is 19.3 Å². The number of aliphatic carboxylic acids is 2. The van der Waals surface area contributed by atoms with Crippen molar-refractivity contribution < 1.29 is 24.2 Å². The van der Waals surface area contributed by atoms with Gasteiger partial charge in [-0.05, 0) is 24.3 Å². The van der Waals surface area contributed by atoms with E-state index in [1.807, 2.05) is 0 Å². The quantitative estimate of drug-likeness (QED) is 0.804. The first kappa shape index (κ1) is 14.0. The predicted octanol–water partition coefficient (Wildman–Crippen LogP) is 1.44. The van der Waals surface area contributed by atoms with Crippen molar-refractivity contribution in [2.75, 3.05) is 18.5 Å². The normalized spacial score (nSPS) is 11.9. The minimum Gasteiger partial charge on any atom is -0.481 e. The first-order valence-electron chi connectivity index (χ1n) is 5.31. The number of hydrogen-bond acceptors (Lipinski definition) is 3. The molecule has 0 saturated heterocycles. The Bertz CT molecular complexity index is 432. The number of benzene rings is 1. The summed E-state index contributed by atoms with van der Waals surface area (Å²) in [6, 6.07) is 5.54. The second-order valence-corrected chi connectivity index (χ2v) is 3.99. The third-order valence-electron chi connectivity index (χ3n) is 2.53. The summed E-state index contributed by atoms with van der Waals surface area (Å²) in [6.45, 7) is 0.0489. The third kappa shape index (κ3) is 4.04. The third-order valence-corrected chi connectivity index (χ3v) is 2.53. The van der Waals surface area contributed by atoms with Crippen LogP contribution in [0.3, 0.4) is 0 Å². The van der Waals surface area contributed by atoms with Crippen LogP contribution in [0.1, 0.15) is 6.42 Å². The maximum absolute atomic E-state index is 12.7. The molecule has 0 radical (unpaired) electrons. The Kier molecular flexibility index (Phi) is 4.65. The number of anilines is 1. The van der Waals surface area contributed by atoms with Gasteiger partial charge in [-0.2, -0.15) is 0 Å².